The average Bonchev–Trinajstić information content (AvgIpc) is 3.19. The summed E-state index contributed by atoms with van der Waals surface area (Å²) in [6, 6.07) is 17.4. The van der Waals surface area contributed by atoms with E-state index in [2.05, 4.69) is 5.32 Å². The van der Waals surface area contributed by atoms with Crippen LogP contribution in [0.1, 0.15) is 34.8 Å². The SMILES string of the molecule is CCOC(=O)c1ccc(NC(=O)C[C@@H]2C(=O)N(c3cccc(C)c3)C(=O)N2CCc2ccc(OC)c(OC)c2)cc1. The minimum absolute atomic E-state index is 0.203. The molecular formula is C31H33N3O7. The first kappa shape index (κ1) is 29.1. The summed E-state index contributed by atoms with van der Waals surface area (Å²) in [6.07, 6.45) is 0.187. The van der Waals surface area contributed by atoms with Crippen LogP contribution in [-0.2, 0) is 20.7 Å². The van der Waals surface area contributed by atoms with Gasteiger partial charge in [0, 0.05) is 12.2 Å². The molecular weight excluding hydrogens is 526 g/mol. The van der Waals surface area contributed by atoms with E-state index in [0.29, 0.717) is 34.9 Å². The number of nitrogens with zero attached hydrogens (tertiary/aromatic N) is 2. The molecule has 0 aliphatic carbocycles. The quantitative estimate of drug-likeness (QED) is 0.270. The van der Waals surface area contributed by atoms with Crippen LogP contribution in [0.25, 0.3) is 0 Å². The summed E-state index contributed by atoms with van der Waals surface area (Å²) in [7, 11) is 3.10. The van der Waals surface area contributed by atoms with Gasteiger partial charge in [-0.3, -0.25) is 9.59 Å². The Morgan fingerprint density at radius 3 is 2.32 bits per heavy atom. The van der Waals surface area contributed by atoms with Gasteiger partial charge >= 0.3 is 12.0 Å². The largest absolute Gasteiger partial charge is 0.493 e. The molecule has 41 heavy (non-hydrogen) atoms. The van der Waals surface area contributed by atoms with Crippen LogP contribution in [0.3, 0.4) is 0 Å². The molecule has 0 spiro atoms. The number of nitrogens with one attached hydrogen (secondary N) is 1. The minimum Gasteiger partial charge on any atom is -0.493 e. The van der Waals surface area contributed by atoms with Gasteiger partial charge in [0.15, 0.2) is 11.5 Å². The second-order valence-electron chi connectivity index (χ2n) is 9.49. The van der Waals surface area contributed by atoms with Gasteiger partial charge in [-0.25, -0.2) is 14.5 Å². The first-order valence-corrected chi connectivity index (χ1v) is 13.2. The lowest BCUT2D eigenvalue weighted by molar-refractivity contribution is -0.124. The summed E-state index contributed by atoms with van der Waals surface area (Å²) in [5.41, 5.74) is 3.03. The summed E-state index contributed by atoms with van der Waals surface area (Å²) in [5, 5.41) is 2.76. The van der Waals surface area contributed by atoms with E-state index in [1.54, 1.807) is 69.7 Å². The van der Waals surface area contributed by atoms with Crippen molar-refractivity contribution in [3.8, 4) is 11.5 Å². The van der Waals surface area contributed by atoms with Crippen LogP contribution in [-0.4, -0.2) is 62.1 Å². The fraction of sp³-hybridized carbons (Fsp3) is 0.290. The second-order valence-corrected chi connectivity index (χ2v) is 9.49. The van der Waals surface area contributed by atoms with Crippen LogP contribution in [0.15, 0.2) is 66.7 Å². The normalized spacial score (nSPS) is 14.7. The van der Waals surface area contributed by atoms with Crippen molar-refractivity contribution in [1.29, 1.82) is 0 Å². The van der Waals surface area contributed by atoms with E-state index in [4.69, 9.17) is 14.2 Å². The maximum atomic E-state index is 13.6. The van der Waals surface area contributed by atoms with E-state index >= 15 is 0 Å². The highest BCUT2D eigenvalue weighted by atomic mass is 16.5. The van der Waals surface area contributed by atoms with Crippen LogP contribution in [0.5, 0.6) is 11.5 Å². The molecule has 1 aliphatic rings. The molecule has 1 aliphatic heterocycles. The number of methoxy groups -OCH3 is 2. The summed E-state index contributed by atoms with van der Waals surface area (Å²) < 4.78 is 15.7. The number of aryl methyl sites for hydroxylation is 1. The number of benzene rings is 3. The molecule has 1 fully saturated rings. The number of anilines is 2. The molecule has 10 heteroatoms. The number of hydrogen-bond donors (Lipinski definition) is 1. The predicted molar refractivity (Wildman–Crippen MR) is 153 cm³/mol. The highest BCUT2D eigenvalue weighted by Gasteiger charge is 2.46. The number of ether oxygens (including phenoxy) is 3. The van der Waals surface area contributed by atoms with Crippen LogP contribution in [0, 0.1) is 6.92 Å². The van der Waals surface area contributed by atoms with Gasteiger partial charge in [0.1, 0.15) is 6.04 Å². The van der Waals surface area contributed by atoms with E-state index in [1.807, 2.05) is 25.1 Å². The maximum absolute atomic E-state index is 13.6. The number of rotatable bonds is 11. The monoisotopic (exact) mass is 559 g/mol. The first-order valence-electron chi connectivity index (χ1n) is 13.2. The topological polar surface area (TPSA) is 114 Å². The van der Waals surface area contributed by atoms with Gasteiger partial charge in [0.25, 0.3) is 5.91 Å². The Balaban J connectivity index is 1.53. The highest BCUT2D eigenvalue weighted by Crippen LogP contribution is 2.30. The van der Waals surface area contributed by atoms with Crippen molar-refractivity contribution in [2.24, 2.45) is 0 Å². The molecule has 1 saturated heterocycles. The zero-order chi connectivity index (χ0) is 29.5. The lowest BCUT2D eigenvalue weighted by atomic mass is 10.1. The Morgan fingerprint density at radius 1 is 0.927 bits per heavy atom. The Hall–Kier alpha value is -4.86. The molecule has 0 aromatic heterocycles. The molecule has 1 N–H and O–H groups in total. The van der Waals surface area contributed by atoms with Crippen molar-refractivity contribution >= 4 is 35.2 Å². The molecule has 4 amide bonds. The van der Waals surface area contributed by atoms with Gasteiger partial charge in [-0.15, -0.1) is 0 Å². The Labute approximate surface area is 238 Å². The third-order valence-corrected chi connectivity index (χ3v) is 6.73. The summed E-state index contributed by atoms with van der Waals surface area (Å²) in [4.78, 5) is 54.7. The van der Waals surface area contributed by atoms with Crippen molar-refractivity contribution in [3.05, 3.63) is 83.4 Å². The molecule has 0 saturated carbocycles. The standard InChI is InChI=1S/C31H33N3O7/c1-5-41-30(37)22-10-12-23(13-11-22)32-28(35)19-25-29(36)34(24-8-6-7-20(2)17-24)31(38)33(25)16-15-21-9-14-26(39-3)27(18-21)40-4/h6-14,17-18,25H,5,15-16,19H2,1-4H3,(H,32,35)/t25-/m1/s1. The van der Waals surface area contributed by atoms with Crippen LogP contribution in [0.4, 0.5) is 16.2 Å². The van der Waals surface area contributed by atoms with Gasteiger partial charge in [-0.05, 0) is 79.9 Å². The number of imide groups is 1. The fourth-order valence-corrected chi connectivity index (χ4v) is 4.67. The van der Waals surface area contributed by atoms with E-state index < -0.39 is 29.9 Å². The van der Waals surface area contributed by atoms with Gasteiger partial charge < -0.3 is 24.4 Å². The Morgan fingerprint density at radius 2 is 1.66 bits per heavy atom. The second kappa shape index (κ2) is 13.0. The van der Waals surface area contributed by atoms with Crippen molar-refractivity contribution in [1.82, 2.24) is 4.90 Å². The molecule has 1 atom stereocenters. The van der Waals surface area contributed by atoms with Gasteiger partial charge in [0.2, 0.25) is 5.91 Å². The summed E-state index contributed by atoms with van der Waals surface area (Å²) >= 11 is 0. The number of hydrogen-bond acceptors (Lipinski definition) is 7. The predicted octanol–water partition coefficient (Wildman–Crippen LogP) is 4.60. The Bertz CT molecular complexity index is 1440. The Kier molecular flexibility index (Phi) is 9.23. The van der Waals surface area contributed by atoms with Crippen molar-refractivity contribution in [2.75, 3.05) is 37.6 Å². The number of carbonyl (C=O) groups is 4. The number of amides is 4. The number of urea groups is 1. The molecule has 3 aromatic carbocycles. The molecule has 0 radical (unpaired) electrons. The van der Waals surface area contributed by atoms with E-state index in [-0.39, 0.29) is 19.6 Å². The molecule has 10 nitrogen and oxygen atoms in total. The van der Waals surface area contributed by atoms with Gasteiger partial charge in [-0.2, -0.15) is 0 Å². The average molecular weight is 560 g/mol. The first-order chi connectivity index (χ1) is 19.7. The summed E-state index contributed by atoms with van der Waals surface area (Å²) in [5.74, 6) is -0.232. The van der Waals surface area contributed by atoms with Crippen molar-refractivity contribution < 1.29 is 33.4 Å². The maximum Gasteiger partial charge on any atom is 0.338 e. The number of esters is 1. The van der Waals surface area contributed by atoms with Crippen LogP contribution >= 0.6 is 0 Å². The molecule has 1 heterocycles. The summed E-state index contributed by atoms with van der Waals surface area (Å²) in [6.45, 7) is 4.06. The van der Waals surface area contributed by atoms with Crippen molar-refractivity contribution in [2.45, 2.75) is 32.7 Å². The zero-order valence-corrected chi connectivity index (χ0v) is 23.5. The number of carbonyl (C=O) groups excluding carboxylic acids is 4. The minimum atomic E-state index is -0.998. The molecule has 0 unspecified atom stereocenters. The molecule has 0 bridgehead atoms. The van der Waals surface area contributed by atoms with E-state index in [9.17, 15) is 19.2 Å². The molecule has 214 valence electrons. The van der Waals surface area contributed by atoms with E-state index in [0.717, 1.165) is 16.0 Å². The molecule has 3 aromatic rings. The fourth-order valence-electron chi connectivity index (χ4n) is 4.67. The lowest BCUT2D eigenvalue weighted by Crippen LogP contribution is -2.39. The third kappa shape index (κ3) is 6.66. The smallest absolute Gasteiger partial charge is 0.338 e. The van der Waals surface area contributed by atoms with Gasteiger partial charge in [-0.1, -0.05) is 18.2 Å². The zero-order valence-electron chi connectivity index (χ0n) is 23.5. The van der Waals surface area contributed by atoms with Gasteiger partial charge in [0.05, 0.1) is 38.5 Å². The lowest BCUT2D eigenvalue weighted by Gasteiger charge is -2.22. The molecule has 4 rings (SSSR count). The van der Waals surface area contributed by atoms with Crippen LogP contribution < -0.4 is 19.7 Å². The van der Waals surface area contributed by atoms with E-state index in [1.165, 1.54) is 4.90 Å². The third-order valence-electron chi connectivity index (χ3n) is 6.73. The van der Waals surface area contributed by atoms with Crippen molar-refractivity contribution in [3.63, 3.8) is 0 Å². The highest BCUT2D eigenvalue weighted by molar-refractivity contribution is 6.22. The van der Waals surface area contributed by atoms with Crippen LogP contribution in [0.2, 0.25) is 0 Å².